The summed E-state index contributed by atoms with van der Waals surface area (Å²) >= 11 is 4.61. The molecule has 0 amide bonds. The van der Waals surface area contributed by atoms with E-state index in [1.54, 1.807) is 6.07 Å². The van der Waals surface area contributed by atoms with Crippen LogP contribution in [0.4, 0.5) is 0 Å². The minimum Gasteiger partial charge on any atom is -0.299 e. The van der Waals surface area contributed by atoms with Gasteiger partial charge in [-0.1, -0.05) is 6.92 Å². The highest BCUT2D eigenvalue weighted by molar-refractivity contribution is 9.11. The van der Waals surface area contributed by atoms with Crippen LogP contribution in [0.3, 0.4) is 0 Å². The van der Waals surface area contributed by atoms with Crippen LogP contribution in [0.5, 0.6) is 0 Å². The SMILES string of the molecule is CCN(CCNS(=O)(=O)c1cc(C)c(Br)s1)C1CC1. The maximum absolute atomic E-state index is 12.1. The molecule has 0 bridgehead atoms. The van der Waals surface area contributed by atoms with E-state index in [1.807, 2.05) is 6.92 Å². The van der Waals surface area contributed by atoms with E-state index < -0.39 is 10.0 Å². The molecule has 108 valence electrons. The summed E-state index contributed by atoms with van der Waals surface area (Å²) in [5, 5.41) is 0. The molecule has 1 aromatic rings. The largest absolute Gasteiger partial charge is 0.299 e. The van der Waals surface area contributed by atoms with E-state index in [2.05, 4.69) is 32.5 Å². The summed E-state index contributed by atoms with van der Waals surface area (Å²) in [7, 11) is -3.36. The predicted octanol–water partition coefficient (Wildman–Crippen LogP) is 2.58. The van der Waals surface area contributed by atoms with Crippen LogP contribution >= 0.6 is 27.3 Å². The van der Waals surface area contributed by atoms with Crippen LogP contribution in [-0.4, -0.2) is 39.0 Å². The van der Waals surface area contributed by atoms with E-state index in [1.165, 1.54) is 24.2 Å². The van der Waals surface area contributed by atoms with Crippen molar-refractivity contribution in [2.75, 3.05) is 19.6 Å². The molecule has 1 aliphatic carbocycles. The highest BCUT2D eigenvalue weighted by atomic mass is 79.9. The van der Waals surface area contributed by atoms with Crippen molar-refractivity contribution in [3.8, 4) is 0 Å². The Morgan fingerprint density at radius 3 is 2.68 bits per heavy atom. The summed E-state index contributed by atoms with van der Waals surface area (Å²) < 4.78 is 28.2. The molecule has 4 nitrogen and oxygen atoms in total. The number of likely N-dealkylation sites (N-methyl/N-ethyl adjacent to an activating group) is 1. The topological polar surface area (TPSA) is 49.4 Å². The minimum atomic E-state index is -3.36. The first-order chi connectivity index (χ1) is 8.94. The van der Waals surface area contributed by atoms with Crippen LogP contribution in [0.2, 0.25) is 0 Å². The number of nitrogens with zero attached hydrogens (tertiary/aromatic N) is 1. The lowest BCUT2D eigenvalue weighted by molar-refractivity contribution is 0.282. The zero-order chi connectivity index (χ0) is 14.0. The number of thiophene rings is 1. The summed E-state index contributed by atoms with van der Waals surface area (Å²) in [6, 6.07) is 2.38. The number of rotatable bonds is 7. The first-order valence-corrected chi connectivity index (χ1v) is 9.53. The molecule has 0 unspecified atom stereocenters. The molecule has 2 rings (SSSR count). The van der Waals surface area contributed by atoms with Crippen LogP contribution in [0.1, 0.15) is 25.3 Å². The summed E-state index contributed by atoms with van der Waals surface area (Å²) in [5.41, 5.74) is 0.957. The number of hydrogen-bond acceptors (Lipinski definition) is 4. The van der Waals surface area contributed by atoms with E-state index >= 15 is 0 Å². The van der Waals surface area contributed by atoms with Gasteiger partial charge in [-0.05, 0) is 53.9 Å². The molecule has 1 fully saturated rings. The monoisotopic (exact) mass is 366 g/mol. The van der Waals surface area contributed by atoms with Gasteiger partial charge in [0.15, 0.2) is 0 Å². The molecule has 1 aromatic heterocycles. The van der Waals surface area contributed by atoms with Crippen molar-refractivity contribution in [3.63, 3.8) is 0 Å². The van der Waals surface area contributed by atoms with Crippen molar-refractivity contribution in [2.24, 2.45) is 0 Å². The van der Waals surface area contributed by atoms with Crippen molar-refractivity contribution in [2.45, 2.75) is 36.9 Å². The maximum atomic E-state index is 12.1. The van der Waals surface area contributed by atoms with Crippen LogP contribution in [-0.2, 0) is 10.0 Å². The number of sulfonamides is 1. The third-order valence-corrected chi connectivity index (χ3v) is 7.33. The van der Waals surface area contributed by atoms with E-state index in [0.717, 1.165) is 22.4 Å². The molecular formula is C12H19BrN2O2S2. The molecular weight excluding hydrogens is 348 g/mol. The molecule has 0 radical (unpaired) electrons. The van der Waals surface area contributed by atoms with Gasteiger partial charge in [0.2, 0.25) is 10.0 Å². The second kappa shape index (κ2) is 6.22. The molecule has 0 atom stereocenters. The average molecular weight is 367 g/mol. The van der Waals surface area contributed by atoms with E-state index in [9.17, 15) is 8.42 Å². The molecule has 1 N–H and O–H groups in total. The molecule has 1 heterocycles. The number of nitrogens with one attached hydrogen (secondary N) is 1. The minimum absolute atomic E-state index is 0.381. The molecule has 0 saturated heterocycles. The van der Waals surface area contributed by atoms with Gasteiger partial charge in [-0.15, -0.1) is 11.3 Å². The Bertz CT molecular complexity index is 518. The van der Waals surface area contributed by atoms with Gasteiger partial charge in [-0.3, -0.25) is 4.90 Å². The Kier molecular flexibility index (Phi) is 5.05. The quantitative estimate of drug-likeness (QED) is 0.806. The van der Waals surface area contributed by atoms with Crippen molar-refractivity contribution in [1.29, 1.82) is 0 Å². The van der Waals surface area contributed by atoms with Crippen LogP contribution in [0, 0.1) is 6.92 Å². The standard InChI is InChI=1S/C12H19BrN2O2S2/c1-3-15(10-4-5-10)7-6-14-19(16,17)11-8-9(2)12(13)18-11/h8,10,14H,3-7H2,1-2H3. The van der Waals surface area contributed by atoms with Crippen molar-refractivity contribution >= 4 is 37.3 Å². The Labute approximate surface area is 127 Å². The molecule has 1 saturated carbocycles. The van der Waals surface area contributed by atoms with Gasteiger partial charge in [0.25, 0.3) is 0 Å². The fourth-order valence-electron chi connectivity index (χ4n) is 2.00. The first-order valence-electron chi connectivity index (χ1n) is 6.43. The highest BCUT2D eigenvalue weighted by Gasteiger charge is 2.27. The molecule has 0 aromatic carbocycles. The summed E-state index contributed by atoms with van der Waals surface area (Å²) in [6.07, 6.45) is 2.50. The van der Waals surface area contributed by atoms with Gasteiger partial charge < -0.3 is 0 Å². The van der Waals surface area contributed by atoms with Gasteiger partial charge in [0, 0.05) is 19.1 Å². The van der Waals surface area contributed by atoms with Crippen molar-refractivity contribution in [3.05, 3.63) is 15.4 Å². The predicted molar refractivity (Wildman–Crippen MR) is 82.2 cm³/mol. The fourth-order valence-corrected chi connectivity index (χ4v) is 5.29. The first kappa shape index (κ1) is 15.4. The van der Waals surface area contributed by atoms with E-state index in [-0.39, 0.29) is 0 Å². The molecule has 0 spiro atoms. The third-order valence-electron chi connectivity index (χ3n) is 3.26. The maximum Gasteiger partial charge on any atom is 0.250 e. The number of aryl methyl sites for hydroxylation is 1. The van der Waals surface area contributed by atoms with Gasteiger partial charge in [0.05, 0.1) is 3.79 Å². The smallest absolute Gasteiger partial charge is 0.250 e. The van der Waals surface area contributed by atoms with E-state index in [4.69, 9.17) is 0 Å². The van der Waals surface area contributed by atoms with Crippen molar-refractivity contribution in [1.82, 2.24) is 9.62 Å². The van der Waals surface area contributed by atoms with Crippen LogP contribution in [0.25, 0.3) is 0 Å². The van der Waals surface area contributed by atoms with Crippen LogP contribution < -0.4 is 4.72 Å². The van der Waals surface area contributed by atoms with Gasteiger partial charge >= 0.3 is 0 Å². The lowest BCUT2D eigenvalue weighted by Crippen LogP contribution is -2.35. The molecule has 19 heavy (non-hydrogen) atoms. The zero-order valence-corrected chi connectivity index (χ0v) is 14.4. The van der Waals surface area contributed by atoms with E-state index in [0.29, 0.717) is 16.8 Å². The Hall–Kier alpha value is 0.0500. The van der Waals surface area contributed by atoms with Gasteiger partial charge in [-0.2, -0.15) is 0 Å². The highest BCUT2D eigenvalue weighted by Crippen LogP contribution is 2.30. The Morgan fingerprint density at radius 1 is 1.53 bits per heavy atom. The lowest BCUT2D eigenvalue weighted by atomic mass is 10.4. The number of hydrogen-bond donors (Lipinski definition) is 1. The molecule has 7 heteroatoms. The molecule has 0 aliphatic heterocycles. The summed E-state index contributed by atoms with van der Waals surface area (Å²) in [6.45, 7) is 6.25. The summed E-state index contributed by atoms with van der Waals surface area (Å²) in [5.74, 6) is 0. The second-order valence-corrected chi connectivity index (χ2v) is 9.14. The summed E-state index contributed by atoms with van der Waals surface area (Å²) in [4.78, 5) is 2.33. The number of halogens is 1. The molecule has 1 aliphatic rings. The normalized spacial score (nSPS) is 16.2. The fraction of sp³-hybridized carbons (Fsp3) is 0.667. The Balaban J connectivity index is 1.90. The van der Waals surface area contributed by atoms with Gasteiger partial charge in [0.1, 0.15) is 4.21 Å². The third kappa shape index (κ3) is 4.01. The average Bonchev–Trinajstić information content (AvgIpc) is 3.12. The van der Waals surface area contributed by atoms with Crippen LogP contribution in [0.15, 0.2) is 14.1 Å². The van der Waals surface area contributed by atoms with Gasteiger partial charge in [-0.25, -0.2) is 13.1 Å². The van der Waals surface area contributed by atoms with Crippen molar-refractivity contribution < 1.29 is 8.42 Å². The Morgan fingerprint density at radius 2 is 2.21 bits per heavy atom. The second-order valence-electron chi connectivity index (χ2n) is 4.78. The zero-order valence-electron chi connectivity index (χ0n) is 11.1. The lowest BCUT2D eigenvalue weighted by Gasteiger charge is -2.19.